The lowest BCUT2D eigenvalue weighted by Crippen LogP contribution is -2.00. The van der Waals surface area contributed by atoms with E-state index in [0.717, 1.165) is 82.5 Å². The number of rotatable bonds is 4. The molecule has 0 saturated heterocycles. The first-order chi connectivity index (χ1) is 23.8. The van der Waals surface area contributed by atoms with E-state index >= 15 is 0 Å². The largest absolute Gasteiger partial charge is 0.455 e. The van der Waals surface area contributed by atoms with Crippen LogP contribution in [-0.2, 0) is 0 Å². The van der Waals surface area contributed by atoms with Crippen molar-refractivity contribution < 1.29 is 8.83 Å². The van der Waals surface area contributed by atoms with Crippen LogP contribution in [0.4, 0.5) is 0 Å². The Labute approximate surface area is 274 Å². The van der Waals surface area contributed by atoms with Gasteiger partial charge >= 0.3 is 0 Å². The molecule has 5 nitrogen and oxygen atoms in total. The fraction of sp³-hybridized carbons (Fsp3) is 0. The molecular weight excluding hydrogens is 590 g/mol. The zero-order valence-corrected chi connectivity index (χ0v) is 25.6. The molecule has 48 heavy (non-hydrogen) atoms. The second kappa shape index (κ2) is 10.5. The first-order valence-electron chi connectivity index (χ1n) is 16.0. The van der Waals surface area contributed by atoms with Crippen LogP contribution in [0.2, 0.25) is 0 Å². The minimum absolute atomic E-state index is 0.585. The molecule has 0 unspecified atom stereocenters. The first kappa shape index (κ1) is 26.6. The zero-order valence-electron chi connectivity index (χ0n) is 25.6. The van der Waals surface area contributed by atoms with Crippen LogP contribution in [-0.4, -0.2) is 15.0 Å². The Morgan fingerprint density at radius 2 is 0.792 bits per heavy atom. The molecule has 7 aromatic carbocycles. The highest BCUT2D eigenvalue weighted by molar-refractivity contribution is 6.36. The van der Waals surface area contributed by atoms with Gasteiger partial charge in [-0.2, -0.15) is 0 Å². The number of fused-ring (bicyclic) bond motifs is 10. The van der Waals surface area contributed by atoms with E-state index in [2.05, 4.69) is 66.7 Å². The summed E-state index contributed by atoms with van der Waals surface area (Å²) in [6.45, 7) is 0. The molecule has 10 aromatic rings. The van der Waals surface area contributed by atoms with Crippen LogP contribution >= 0.6 is 0 Å². The summed E-state index contributed by atoms with van der Waals surface area (Å²) in [7, 11) is 0. The van der Waals surface area contributed by atoms with Crippen molar-refractivity contribution in [1.82, 2.24) is 15.0 Å². The number of nitrogens with zero attached hydrogens (tertiary/aromatic N) is 3. The molecule has 0 atom stereocenters. The summed E-state index contributed by atoms with van der Waals surface area (Å²) >= 11 is 0. The number of furan rings is 2. The Balaban J connectivity index is 1.35. The number of hydrogen-bond donors (Lipinski definition) is 0. The van der Waals surface area contributed by atoms with Crippen molar-refractivity contribution in [3.05, 3.63) is 152 Å². The normalized spacial score (nSPS) is 11.8. The Kier molecular flexibility index (Phi) is 5.81. The van der Waals surface area contributed by atoms with Crippen LogP contribution in [0.15, 0.2) is 160 Å². The molecule has 10 rings (SSSR count). The van der Waals surface area contributed by atoms with Crippen molar-refractivity contribution in [3.63, 3.8) is 0 Å². The minimum Gasteiger partial charge on any atom is -0.455 e. The highest BCUT2D eigenvalue weighted by Crippen LogP contribution is 2.48. The topological polar surface area (TPSA) is 65.0 Å². The summed E-state index contributed by atoms with van der Waals surface area (Å²) < 4.78 is 13.6. The van der Waals surface area contributed by atoms with Gasteiger partial charge in [-0.1, -0.05) is 140 Å². The van der Waals surface area contributed by atoms with E-state index in [1.807, 2.05) is 84.9 Å². The van der Waals surface area contributed by atoms with Crippen LogP contribution in [0.5, 0.6) is 0 Å². The summed E-state index contributed by atoms with van der Waals surface area (Å²) in [4.78, 5) is 15.1. The molecule has 0 N–H and O–H groups in total. The molecule has 0 aliphatic heterocycles. The molecular formula is C43H25N3O2. The Bertz CT molecular complexity index is 2760. The lowest BCUT2D eigenvalue weighted by atomic mass is 9.95. The smallest absolute Gasteiger partial charge is 0.164 e. The van der Waals surface area contributed by atoms with Crippen LogP contribution < -0.4 is 0 Å². The van der Waals surface area contributed by atoms with Crippen molar-refractivity contribution in [3.8, 4) is 45.3 Å². The van der Waals surface area contributed by atoms with E-state index in [4.69, 9.17) is 23.8 Å². The van der Waals surface area contributed by atoms with Crippen molar-refractivity contribution in [2.24, 2.45) is 0 Å². The SMILES string of the molecule is c1ccc(-c2nc(-c3ccccc3)nc(-c3cccc4oc5c(c6ccccc6c6oc7cccc(-c8ccccc8)c7c65)c34)n2)cc1. The van der Waals surface area contributed by atoms with Gasteiger partial charge in [-0.05, 0) is 28.6 Å². The Morgan fingerprint density at radius 1 is 0.312 bits per heavy atom. The number of benzene rings is 7. The summed E-state index contributed by atoms with van der Waals surface area (Å²) in [6, 6.07) is 51.3. The Hall–Kier alpha value is -6.59. The van der Waals surface area contributed by atoms with Crippen LogP contribution in [0.3, 0.4) is 0 Å². The molecule has 224 valence electrons. The van der Waals surface area contributed by atoms with E-state index in [9.17, 15) is 0 Å². The van der Waals surface area contributed by atoms with Gasteiger partial charge in [0.1, 0.15) is 22.3 Å². The first-order valence-corrected chi connectivity index (χ1v) is 16.0. The predicted molar refractivity (Wildman–Crippen MR) is 194 cm³/mol. The van der Waals surface area contributed by atoms with Gasteiger partial charge in [0.05, 0.1) is 5.39 Å². The molecule has 3 aromatic heterocycles. The van der Waals surface area contributed by atoms with E-state index in [1.165, 1.54) is 0 Å². The van der Waals surface area contributed by atoms with Crippen LogP contribution in [0.25, 0.3) is 99.9 Å². The molecule has 0 bridgehead atoms. The average Bonchev–Trinajstić information content (AvgIpc) is 3.75. The summed E-state index contributed by atoms with van der Waals surface area (Å²) in [6.07, 6.45) is 0. The number of hydrogen-bond acceptors (Lipinski definition) is 5. The fourth-order valence-corrected chi connectivity index (χ4v) is 7.01. The molecule has 3 heterocycles. The highest BCUT2D eigenvalue weighted by Gasteiger charge is 2.25. The molecule has 0 aliphatic rings. The molecule has 0 aliphatic carbocycles. The van der Waals surface area contributed by atoms with E-state index in [-0.39, 0.29) is 0 Å². The van der Waals surface area contributed by atoms with Gasteiger partial charge in [-0.25, -0.2) is 15.0 Å². The average molecular weight is 616 g/mol. The third-order valence-electron chi connectivity index (χ3n) is 9.12. The third kappa shape index (κ3) is 4.01. The van der Waals surface area contributed by atoms with Gasteiger partial charge in [0.25, 0.3) is 0 Å². The maximum absolute atomic E-state index is 6.89. The highest BCUT2D eigenvalue weighted by atomic mass is 16.3. The van der Waals surface area contributed by atoms with Gasteiger partial charge in [-0.15, -0.1) is 0 Å². The van der Waals surface area contributed by atoms with Crippen molar-refractivity contribution in [1.29, 1.82) is 0 Å². The summed E-state index contributed by atoms with van der Waals surface area (Å²) in [5.41, 5.74) is 8.13. The van der Waals surface area contributed by atoms with Gasteiger partial charge in [-0.3, -0.25) is 0 Å². The molecule has 5 heteroatoms. The van der Waals surface area contributed by atoms with Gasteiger partial charge in [0, 0.05) is 38.2 Å². The molecule has 0 saturated carbocycles. The maximum Gasteiger partial charge on any atom is 0.164 e. The van der Waals surface area contributed by atoms with E-state index < -0.39 is 0 Å². The van der Waals surface area contributed by atoms with Crippen LogP contribution in [0.1, 0.15) is 0 Å². The summed E-state index contributed by atoms with van der Waals surface area (Å²) in [5, 5.41) is 6.04. The zero-order chi connectivity index (χ0) is 31.6. The second-order valence-corrected chi connectivity index (χ2v) is 11.9. The lowest BCUT2D eigenvalue weighted by Gasteiger charge is -2.09. The monoisotopic (exact) mass is 615 g/mol. The van der Waals surface area contributed by atoms with Crippen molar-refractivity contribution >= 4 is 54.6 Å². The van der Waals surface area contributed by atoms with Gasteiger partial charge < -0.3 is 8.83 Å². The molecule has 0 spiro atoms. The quantitative estimate of drug-likeness (QED) is 0.197. The lowest BCUT2D eigenvalue weighted by molar-refractivity contribution is 0.665. The maximum atomic E-state index is 6.89. The Morgan fingerprint density at radius 3 is 1.42 bits per heavy atom. The minimum atomic E-state index is 0.585. The molecule has 0 amide bonds. The van der Waals surface area contributed by atoms with E-state index in [0.29, 0.717) is 17.5 Å². The predicted octanol–water partition coefficient (Wildman–Crippen LogP) is 11.5. The van der Waals surface area contributed by atoms with Crippen LogP contribution in [0, 0.1) is 0 Å². The summed E-state index contributed by atoms with van der Waals surface area (Å²) in [5.74, 6) is 1.82. The molecule has 0 radical (unpaired) electrons. The fourth-order valence-electron chi connectivity index (χ4n) is 7.01. The van der Waals surface area contributed by atoms with Crippen molar-refractivity contribution in [2.75, 3.05) is 0 Å². The number of aromatic nitrogens is 3. The van der Waals surface area contributed by atoms with Gasteiger partial charge in [0.15, 0.2) is 17.5 Å². The standard InChI is InChI=1S/C43H25N3O2/c1-4-14-26(15-5-1)29-22-12-24-33-35(29)38-39(47-33)31-21-11-10-20-30(31)37-36-32(23-13-25-34(36)48-40(37)38)43-45-41(27-16-6-2-7-17-27)44-42(46-43)28-18-8-3-9-19-28/h1-25H. The second-order valence-electron chi connectivity index (χ2n) is 11.9. The molecule has 0 fully saturated rings. The van der Waals surface area contributed by atoms with Crippen molar-refractivity contribution in [2.45, 2.75) is 0 Å². The van der Waals surface area contributed by atoms with E-state index in [1.54, 1.807) is 0 Å². The third-order valence-corrected chi connectivity index (χ3v) is 9.12. The van der Waals surface area contributed by atoms with Gasteiger partial charge in [0.2, 0.25) is 0 Å².